The van der Waals surface area contributed by atoms with Crippen molar-refractivity contribution >= 4 is 5.91 Å². The highest BCUT2D eigenvalue weighted by atomic mass is 16.6. The van der Waals surface area contributed by atoms with Crippen LogP contribution in [0.1, 0.15) is 35.1 Å². The third kappa shape index (κ3) is 7.62. The molecule has 2 fully saturated rings. The van der Waals surface area contributed by atoms with E-state index in [0.29, 0.717) is 39.3 Å². The lowest BCUT2D eigenvalue weighted by molar-refractivity contribution is -0.312. The monoisotopic (exact) mass is 593 g/mol. The van der Waals surface area contributed by atoms with Crippen LogP contribution in [-0.2, 0) is 54.9 Å². The molecule has 2 saturated heterocycles. The lowest BCUT2D eigenvalue weighted by Crippen LogP contribution is -2.70. The van der Waals surface area contributed by atoms with Crippen molar-refractivity contribution in [3.05, 3.63) is 144 Å². The average molecular weight is 594 g/mol. The Morgan fingerprint density at radius 2 is 1.07 bits per heavy atom. The number of hydrogen-bond donors (Lipinski definition) is 1. The topological polar surface area (TPSA) is 75.3 Å². The highest BCUT2D eigenvalue weighted by Gasteiger charge is 2.59. The molecule has 0 unspecified atom stereocenters. The summed E-state index contributed by atoms with van der Waals surface area (Å²) in [5, 5.41) is 3.14. The molecule has 5 atom stereocenters. The summed E-state index contributed by atoms with van der Waals surface area (Å²) in [6.07, 6.45) is -1.48. The Bertz CT molecular complexity index is 1440. The van der Waals surface area contributed by atoms with Crippen molar-refractivity contribution in [1.82, 2.24) is 5.32 Å². The second-order valence-corrected chi connectivity index (χ2v) is 11.3. The molecule has 7 heteroatoms. The minimum Gasteiger partial charge on any atom is -0.374 e. The molecule has 4 aromatic carbocycles. The first kappa shape index (κ1) is 30.2. The predicted molar refractivity (Wildman–Crippen MR) is 166 cm³/mol. The highest BCUT2D eigenvalue weighted by molar-refractivity contribution is 5.79. The summed E-state index contributed by atoms with van der Waals surface area (Å²) >= 11 is 0. The Balaban J connectivity index is 1.31. The van der Waals surface area contributed by atoms with Gasteiger partial charge in [0.25, 0.3) is 0 Å². The van der Waals surface area contributed by atoms with Gasteiger partial charge in [-0.3, -0.25) is 4.79 Å². The SMILES string of the molecule is O=C1CC[C@@]2(N1)O[C@H](COCc1ccccc1)[C@@H](OCc1ccccc1)[C@H](OCc1ccccc1)[C@@H]2OCc1ccccc1. The molecule has 44 heavy (non-hydrogen) atoms. The van der Waals surface area contributed by atoms with Crippen LogP contribution in [0, 0.1) is 0 Å². The van der Waals surface area contributed by atoms with Crippen molar-refractivity contribution in [1.29, 1.82) is 0 Å². The molecule has 1 amide bonds. The van der Waals surface area contributed by atoms with Gasteiger partial charge < -0.3 is 29.0 Å². The minimum absolute atomic E-state index is 0.0762. The molecule has 2 aliphatic heterocycles. The van der Waals surface area contributed by atoms with Crippen molar-refractivity contribution < 1.29 is 28.5 Å². The zero-order chi connectivity index (χ0) is 30.0. The predicted octanol–water partition coefficient (Wildman–Crippen LogP) is 5.96. The maximum atomic E-state index is 12.8. The molecule has 0 radical (unpaired) electrons. The summed E-state index contributed by atoms with van der Waals surface area (Å²) in [6, 6.07) is 40.1. The van der Waals surface area contributed by atoms with Crippen molar-refractivity contribution in [3.8, 4) is 0 Å². The maximum Gasteiger partial charge on any atom is 0.222 e. The van der Waals surface area contributed by atoms with E-state index in [1.807, 2.05) is 121 Å². The summed E-state index contributed by atoms with van der Waals surface area (Å²) in [7, 11) is 0. The van der Waals surface area contributed by atoms with Crippen LogP contribution < -0.4 is 5.32 Å². The van der Waals surface area contributed by atoms with Gasteiger partial charge in [-0.05, 0) is 22.3 Å². The lowest BCUT2D eigenvalue weighted by atomic mass is 9.88. The molecule has 0 saturated carbocycles. The van der Waals surface area contributed by atoms with E-state index >= 15 is 0 Å². The molecular formula is C37H39NO6. The molecule has 4 aromatic rings. The number of carbonyl (C=O) groups excluding carboxylic acids is 1. The van der Waals surface area contributed by atoms with Crippen LogP contribution in [-0.4, -0.2) is 42.7 Å². The van der Waals surface area contributed by atoms with Crippen molar-refractivity contribution in [2.75, 3.05) is 6.61 Å². The quantitative estimate of drug-likeness (QED) is 0.206. The van der Waals surface area contributed by atoms with Gasteiger partial charge in [0.15, 0.2) is 5.72 Å². The number of benzene rings is 4. The molecule has 228 valence electrons. The van der Waals surface area contributed by atoms with E-state index in [9.17, 15) is 4.79 Å². The normalized spacial score (nSPS) is 24.8. The molecule has 2 heterocycles. The summed E-state index contributed by atoms with van der Waals surface area (Å²) in [4.78, 5) is 12.8. The van der Waals surface area contributed by atoms with Gasteiger partial charge in [-0.15, -0.1) is 0 Å². The van der Waals surface area contributed by atoms with E-state index in [-0.39, 0.29) is 12.5 Å². The van der Waals surface area contributed by atoms with Gasteiger partial charge in [0, 0.05) is 12.8 Å². The molecule has 0 aromatic heterocycles. The summed E-state index contributed by atoms with van der Waals surface area (Å²) in [6.45, 7) is 1.72. The van der Waals surface area contributed by atoms with Crippen molar-refractivity contribution in [2.24, 2.45) is 0 Å². The van der Waals surface area contributed by atoms with Crippen LogP contribution in [0.25, 0.3) is 0 Å². The molecule has 0 aliphatic carbocycles. The maximum absolute atomic E-state index is 12.8. The first-order valence-corrected chi connectivity index (χ1v) is 15.3. The van der Waals surface area contributed by atoms with Gasteiger partial charge in [-0.2, -0.15) is 0 Å². The van der Waals surface area contributed by atoms with E-state index in [4.69, 9.17) is 23.7 Å². The van der Waals surface area contributed by atoms with Gasteiger partial charge in [-0.25, -0.2) is 0 Å². The first-order chi connectivity index (χ1) is 21.7. The number of amides is 1. The molecule has 7 nitrogen and oxygen atoms in total. The van der Waals surface area contributed by atoms with Gasteiger partial charge in [0.2, 0.25) is 5.91 Å². The molecule has 6 rings (SSSR count). The van der Waals surface area contributed by atoms with E-state index < -0.39 is 30.1 Å². The number of ether oxygens (including phenoxy) is 5. The highest BCUT2D eigenvalue weighted by Crippen LogP contribution is 2.40. The fourth-order valence-corrected chi connectivity index (χ4v) is 5.92. The third-order valence-electron chi connectivity index (χ3n) is 8.12. The Hall–Kier alpha value is -3.85. The van der Waals surface area contributed by atoms with E-state index in [1.54, 1.807) is 0 Å². The van der Waals surface area contributed by atoms with Crippen LogP contribution in [0.4, 0.5) is 0 Å². The largest absolute Gasteiger partial charge is 0.374 e. The Morgan fingerprint density at radius 3 is 1.55 bits per heavy atom. The second-order valence-electron chi connectivity index (χ2n) is 11.3. The van der Waals surface area contributed by atoms with Gasteiger partial charge in [0.05, 0.1) is 33.0 Å². The Morgan fingerprint density at radius 1 is 0.614 bits per heavy atom. The van der Waals surface area contributed by atoms with Crippen LogP contribution in [0.5, 0.6) is 0 Å². The standard InChI is InChI=1S/C37H39NO6/c39-33-21-22-37(38-33)36(43-26-31-19-11-4-12-20-31)35(42-25-30-17-9-3-10-18-30)34(41-24-29-15-7-2-8-16-29)32(44-37)27-40-23-28-13-5-1-6-14-28/h1-20,32,34-36H,21-27H2,(H,38,39)/t32-,34-,35+,36+,37-/m1/s1. The first-order valence-electron chi connectivity index (χ1n) is 15.3. The van der Waals surface area contributed by atoms with Crippen LogP contribution >= 0.6 is 0 Å². The average Bonchev–Trinajstić information content (AvgIpc) is 3.44. The van der Waals surface area contributed by atoms with Crippen LogP contribution in [0.2, 0.25) is 0 Å². The summed E-state index contributed by atoms with van der Waals surface area (Å²) in [5.74, 6) is -0.0762. The lowest BCUT2D eigenvalue weighted by Gasteiger charge is -2.51. The Kier molecular flexibility index (Phi) is 10.1. The zero-order valence-corrected chi connectivity index (χ0v) is 24.8. The smallest absolute Gasteiger partial charge is 0.222 e. The number of nitrogens with one attached hydrogen (secondary N) is 1. The van der Waals surface area contributed by atoms with Crippen LogP contribution in [0.15, 0.2) is 121 Å². The van der Waals surface area contributed by atoms with Crippen molar-refractivity contribution in [3.63, 3.8) is 0 Å². The zero-order valence-electron chi connectivity index (χ0n) is 24.8. The minimum atomic E-state index is -1.08. The second kappa shape index (κ2) is 14.8. The number of rotatable bonds is 13. The fraction of sp³-hybridized carbons (Fsp3) is 0.324. The van der Waals surface area contributed by atoms with Gasteiger partial charge >= 0.3 is 0 Å². The van der Waals surface area contributed by atoms with Crippen molar-refractivity contribution in [2.45, 2.75) is 69.4 Å². The third-order valence-corrected chi connectivity index (χ3v) is 8.12. The summed E-state index contributed by atoms with van der Waals surface area (Å²) < 4.78 is 33.2. The molecule has 1 N–H and O–H groups in total. The summed E-state index contributed by atoms with van der Waals surface area (Å²) in [5.41, 5.74) is 3.07. The number of carbonyl (C=O) groups is 1. The van der Waals surface area contributed by atoms with Crippen LogP contribution in [0.3, 0.4) is 0 Å². The van der Waals surface area contributed by atoms with E-state index in [2.05, 4.69) is 5.32 Å². The molecular weight excluding hydrogens is 554 g/mol. The van der Waals surface area contributed by atoms with Gasteiger partial charge in [0.1, 0.15) is 24.4 Å². The van der Waals surface area contributed by atoms with Gasteiger partial charge in [-0.1, -0.05) is 121 Å². The van der Waals surface area contributed by atoms with E-state index in [0.717, 1.165) is 22.3 Å². The molecule has 0 bridgehead atoms. The Labute approximate surface area is 259 Å². The molecule has 2 aliphatic rings. The fourth-order valence-electron chi connectivity index (χ4n) is 5.92. The number of hydrogen-bond acceptors (Lipinski definition) is 6. The van der Waals surface area contributed by atoms with E-state index in [1.165, 1.54) is 0 Å². The molecule has 1 spiro atoms.